The summed E-state index contributed by atoms with van der Waals surface area (Å²) in [6, 6.07) is 0.408. The molecule has 0 fully saturated rings. The zero-order valence-corrected chi connectivity index (χ0v) is 11.2. The van der Waals surface area contributed by atoms with Gasteiger partial charge in [-0.1, -0.05) is 20.8 Å². The van der Waals surface area contributed by atoms with E-state index in [1.54, 1.807) is 0 Å². The highest BCUT2D eigenvalue weighted by Gasteiger charge is 2.16. The van der Waals surface area contributed by atoms with Crippen molar-refractivity contribution in [2.45, 2.75) is 58.9 Å². The predicted molar refractivity (Wildman–Crippen MR) is 70.2 cm³/mol. The van der Waals surface area contributed by atoms with Gasteiger partial charge in [0.25, 0.3) is 0 Å². The molecule has 0 aliphatic carbocycles. The van der Waals surface area contributed by atoms with Crippen LogP contribution in [0.4, 0.5) is 0 Å². The third-order valence-electron chi connectivity index (χ3n) is 3.64. The fourth-order valence-electron chi connectivity index (χ4n) is 2.20. The van der Waals surface area contributed by atoms with Gasteiger partial charge in [-0.15, -0.1) is 0 Å². The van der Waals surface area contributed by atoms with Gasteiger partial charge in [0.05, 0.1) is 12.2 Å². The molecule has 0 bridgehead atoms. The lowest BCUT2D eigenvalue weighted by molar-refractivity contribution is 0.488. The van der Waals surface area contributed by atoms with Gasteiger partial charge in [-0.3, -0.25) is 0 Å². The molecular formula is C13H22N4. The number of imidazole rings is 1. The Balaban J connectivity index is 2.40. The van der Waals surface area contributed by atoms with E-state index in [9.17, 15) is 0 Å². The van der Waals surface area contributed by atoms with E-state index in [1.165, 1.54) is 0 Å². The normalized spacial score (nSPS) is 13.7. The lowest BCUT2D eigenvalue weighted by atomic mass is 10.0. The molecule has 0 spiro atoms. The molecule has 2 heterocycles. The molecule has 2 aromatic rings. The monoisotopic (exact) mass is 234 g/mol. The minimum absolute atomic E-state index is 0.408. The molecule has 0 radical (unpaired) electrons. The van der Waals surface area contributed by atoms with Crippen LogP contribution >= 0.6 is 0 Å². The maximum atomic E-state index is 4.73. The van der Waals surface area contributed by atoms with E-state index in [2.05, 4.69) is 37.8 Å². The topological polar surface area (TPSA) is 46.5 Å². The highest BCUT2D eigenvalue weighted by molar-refractivity contribution is 5.70. The zero-order chi connectivity index (χ0) is 12.4. The SMILES string of the molecule is CCC(CC)c1nc2c(cnn2[C@H](C)CC)[nH]1. The van der Waals surface area contributed by atoms with E-state index in [0.717, 1.165) is 36.3 Å². The first-order chi connectivity index (χ1) is 8.21. The first kappa shape index (κ1) is 12.1. The van der Waals surface area contributed by atoms with Gasteiger partial charge >= 0.3 is 0 Å². The Hall–Kier alpha value is -1.32. The molecule has 0 saturated heterocycles. The molecule has 94 valence electrons. The van der Waals surface area contributed by atoms with Crippen molar-refractivity contribution >= 4 is 11.2 Å². The molecule has 4 heteroatoms. The van der Waals surface area contributed by atoms with Crippen molar-refractivity contribution in [2.75, 3.05) is 0 Å². The summed E-state index contributed by atoms with van der Waals surface area (Å²) in [4.78, 5) is 8.13. The molecule has 0 aromatic carbocycles. The number of fused-ring (bicyclic) bond motifs is 1. The number of hydrogen-bond donors (Lipinski definition) is 1. The van der Waals surface area contributed by atoms with Gasteiger partial charge in [-0.05, 0) is 26.2 Å². The molecule has 4 nitrogen and oxygen atoms in total. The molecule has 0 aliphatic heterocycles. The highest BCUT2D eigenvalue weighted by atomic mass is 15.3. The van der Waals surface area contributed by atoms with Crippen LogP contribution in [0.2, 0.25) is 0 Å². The number of H-pyrrole nitrogens is 1. The minimum Gasteiger partial charge on any atom is -0.339 e. The van der Waals surface area contributed by atoms with E-state index in [-0.39, 0.29) is 0 Å². The van der Waals surface area contributed by atoms with Crippen molar-refractivity contribution < 1.29 is 0 Å². The maximum Gasteiger partial charge on any atom is 0.176 e. The van der Waals surface area contributed by atoms with Gasteiger partial charge in [0.15, 0.2) is 5.65 Å². The van der Waals surface area contributed by atoms with E-state index in [0.29, 0.717) is 12.0 Å². The summed E-state index contributed by atoms with van der Waals surface area (Å²) in [6.07, 6.45) is 5.22. The lowest BCUT2D eigenvalue weighted by Crippen LogP contribution is -2.06. The smallest absolute Gasteiger partial charge is 0.176 e. The molecule has 0 aliphatic rings. The second kappa shape index (κ2) is 4.90. The molecule has 0 saturated carbocycles. The van der Waals surface area contributed by atoms with Crippen molar-refractivity contribution in [3.8, 4) is 0 Å². The summed E-state index contributed by atoms with van der Waals surface area (Å²) in [5, 5.41) is 4.40. The maximum absolute atomic E-state index is 4.73. The third kappa shape index (κ3) is 2.08. The molecule has 2 aromatic heterocycles. The molecular weight excluding hydrogens is 212 g/mol. The van der Waals surface area contributed by atoms with Gasteiger partial charge in [0.1, 0.15) is 11.3 Å². The summed E-state index contributed by atoms with van der Waals surface area (Å²) in [5.74, 6) is 1.65. The van der Waals surface area contributed by atoms with E-state index in [1.807, 2.05) is 10.9 Å². The first-order valence-corrected chi connectivity index (χ1v) is 6.64. The van der Waals surface area contributed by atoms with Crippen LogP contribution in [0, 0.1) is 0 Å². The second-order valence-corrected chi connectivity index (χ2v) is 4.72. The Bertz CT molecular complexity index is 479. The van der Waals surface area contributed by atoms with Gasteiger partial charge in [-0.25, -0.2) is 9.67 Å². The number of hydrogen-bond acceptors (Lipinski definition) is 2. The predicted octanol–water partition coefficient (Wildman–Crippen LogP) is 3.63. The van der Waals surface area contributed by atoms with E-state index >= 15 is 0 Å². The van der Waals surface area contributed by atoms with Crippen LogP contribution in [0.3, 0.4) is 0 Å². The summed E-state index contributed by atoms with van der Waals surface area (Å²) >= 11 is 0. The van der Waals surface area contributed by atoms with Crippen LogP contribution in [-0.2, 0) is 0 Å². The Kier molecular flexibility index (Phi) is 3.50. The Morgan fingerprint density at radius 3 is 2.53 bits per heavy atom. The number of nitrogens with one attached hydrogen (secondary N) is 1. The van der Waals surface area contributed by atoms with E-state index < -0.39 is 0 Å². The Labute approximate surface area is 102 Å². The fourth-order valence-corrected chi connectivity index (χ4v) is 2.20. The van der Waals surface area contributed by atoms with Crippen LogP contribution < -0.4 is 0 Å². The average Bonchev–Trinajstić information content (AvgIpc) is 2.89. The van der Waals surface area contributed by atoms with Crippen molar-refractivity contribution in [3.05, 3.63) is 12.0 Å². The van der Waals surface area contributed by atoms with Gasteiger partial charge in [0, 0.05) is 5.92 Å². The van der Waals surface area contributed by atoms with Crippen molar-refractivity contribution in [1.82, 2.24) is 19.7 Å². The molecule has 0 unspecified atom stereocenters. The Morgan fingerprint density at radius 1 is 1.24 bits per heavy atom. The van der Waals surface area contributed by atoms with Gasteiger partial charge in [-0.2, -0.15) is 5.10 Å². The van der Waals surface area contributed by atoms with Crippen molar-refractivity contribution in [2.24, 2.45) is 0 Å². The number of rotatable bonds is 5. The minimum atomic E-state index is 0.408. The third-order valence-corrected chi connectivity index (χ3v) is 3.64. The zero-order valence-electron chi connectivity index (χ0n) is 11.2. The molecule has 2 rings (SSSR count). The van der Waals surface area contributed by atoms with Crippen molar-refractivity contribution in [3.63, 3.8) is 0 Å². The summed E-state index contributed by atoms with van der Waals surface area (Å²) < 4.78 is 2.03. The largest absolute Gasteiger partial charge is 0.339 e. The van der Waals surface area contributed by atoms with Gasteiger partial charge in [0.2, 0.25) is 0 Å². The molecule has 17 heavy (non-hydrogen) atoms. The van der Waals surface area contributed by atoms with E-state index in [4.69, 9.17) is 4.98 Å². The molecule has 1 atom stereocenters. The van der Waals surface area contributed by atoms with Crippen molar-refractivity contribution in [1.29, 1.82) is 0 Å². The molecule has 0 amide bonds. The average molecular weight is 234 g/mol. The summed E-state index contributed by atoms with van der Waals surface area (Å²) in [6.45, 7) is 8.77. The lowest BCUT2D eigenvalue weighted by Gasteiger charge is -2.09. The van der Waals surface area contributed by atoms with Crippen LogP contribution in [-0.4, -0.2) is 19.7 Å². The standard InChI is InChI=1S/C13H22N4/c1-5-9(4)17-13-11(8-14-17)15-12(16-13)10(6-2)7-3/h8-10H,5-7H2,1-4H3,(H,15,16)/t9-/m1/s1. The van der Waals surface area contributed by atoms with Crippen LogP contribution in [0.15, 0.2) is 6.20 Å². The molecule has 1 N–H and O–H groups in total. The van der Waals surface area contributed by atoms with Crippen LogP contribution in [0.5, 0.6) is 0 Å². The number of nitrogens with zero attached hydrogens (tertiary/aromatic N) is 3. The number of aromatic nitrogens is 4. The van der Waals surface area contributed by atoms with Crippen LogP contribution in [0.1, 0.15) is 64.7 Å². The quantitative estimate of drug-likeness (QED) is 0.858. The summed E-state index contributed by atoms with van der Waals surface area (Å²) in [7, 11) is 0. The van der Waals surface area contributed by atoms with Gasteiger partial charge < -0.3 is 4.98 Å². The first-order valence-electron chi connectivity index (χ1n) is 6.64. The van der Waals surface area contributed by atoms with Crippen LogP contribution in [0.25, 0.3) is 11.2 Å². The highest BCUT2D eigenvalue weighted by Crippen LogP contribution is 2.24. The Morgan fingerprint density at radius 2 is 1.94 bits per heavy atom. The second-order valence-electron chi connectivity index (χ2n) is 4.72. The number of aromatic amines is 1. The summed E-state index contributed by atoms with van der Waals surface area (Å²) in [5.41, 5.74) is 2.06. The fraction of sp³-hybridized carbons (Fsp3) is 0.692.